The molecule has 0 atom stereocenters. The summed E-state index contributed by atoms with van der Waals surface area (Å²) in [6, 6.07) is 0. The molecule has 1 aromatic heterocycles. The zero-order valence-corrected chi connectivity index (χ0v) is 7.88. The van der Waals surface area contributed by atoms with Crippen LogP contribution in [0.2, 0.25) is 0 Å². The van der Waals surface area contributed by atoms with Gasteiger partial charge in [0.1, 0.15) is 5.76 Å². The number of alkyl carbamates (subject to hydrolysis) is 1. The molecule has 0 unspecified atom stereocenters. The number of rotatable bonds is 2. The predicted molar refractivity (Wildman–Crippen MR) is 45.2 cm³/mol. The SMILES string of the molecule is COC(=O)NCc1c(C)noc1C. The second-order valence-electron chi connectivity index (χ2n) is 2.65. The second-order valence-corrected chi connectivity index (χ2v) is 2.65. The van der Waals surface area contributed by atoms with Crippen LogP contribution in [0.5, 0.6) is 0 Å². The van der Waals surface area contributed by atoms with Gasteiger partial charge in [0.2, 0.25) is 0 Å². The molecule has 1 amide bonds. The molecule has 1 heterocycles. The van der Waals surface area contributed by atoms with Gasteiger partial charge >= 0.3 is 6.09 Å². The standard InChI is InChI=1S/C8H12N2O3/c1-5-7(6(2)13-10-5)4-9-8(11)12-3/h4H2,1-3H3,(H,9,11). The Bertz CT molecular complexity index is 287. The molecule has 1 aromatic rings. The van der Waals surface area contributed by atoms with E-state index in [2.05, 4.69) is 15.2 Å². The van der Waals surface area contributed by atoms with Gasteiger partial charge in [-0.15, -0.1) is 0 Å². The molecule has 0 saturated heterocycles. The van der Waals surface area contributed by atoms with E-state index in [0.29, 0.717) is 12.3 Å². The molecule has 0 radical (unpaired) electrons. The van der Waals surface area contributed by atoms with Gasteiger partial charge < -0.3 is 14.6 Å². The van der Waals surface area contributed by atoms with Gasteiger partial charge in [-0.05, 0) is 13.8 Å². The highest BCUT2D eigenvalue weighted by molar-refractivity contribution is 5.66. The monoisotopic (exact) mass is 184 g/mol. The molecule has 0 aliphatic carbocycles. The number of nitrogens with zero attached hydrogens (tertiary/aromatic N) is 1. The Morgan fingerprint density at radius 3 is 2.77 bits per heavy atom. The van der Waals surface area contributed by atoms with E-state index >= 15 is 0 Å². The van der Waals surface area contributed by atoms with Crippen LogP contribution in [0.3, 0.4) is 0 Å². The van der Waals surface area contributed by atoms with E-state index in [1.807, 2.05) is 6.92 Å². The summed E-state index contributed by atoms with van der Waals surface area (Å²) in [5.41, 5.74) is 1.68. The quantitative estimate of drug-likeness (QED) is 0.748. The van der Waals surface area contributed by atoms with Crippen molar-refractivity contribution < 1.29 is 14.1 Å². The minimum atomic E-state index is -0.458. The van der Waals surface area contributed by atoms with Crippen molar-refractivity contribution >= 4 is 6.09 Å². The van der Waals surface area contributed by atoms with Gasteiger partial charge in [0.05, 0.1) is 19.3 Å². The van der Waals surface area contributed by atoms with Crippen molar-refractivity contribution in [1.29, 1.82) is 0 Å². The normalized spacial score (nSPS) is 9.77. The van der Waals surface area contributed by atoms with Crippen molar-refractivity contribution in [2.24, 2.45) is 0 Å². The lowest BCUT2D eigenvalue weighted by atomic mass is 10.2. The maximum atomic E-state index is 10.7. The first-order valence-electron chi connectivity index (χ1n) is 3.88. The number of ether oxygens (including phenoxy) is 1. The smallest absolute Gasteiger partial charge is 0.407 e. The Morgan fingerprint density at radius 2 is 2.31 bits per heavy atom. The van der Waals surface area contributed by atoms with Crippen molar-refractivity contribution in [3.63, 3.8) is 0 Å². The third-order valence-electron chi connectivity index (χ3n) is 1.78. The number of aryl methyl sites for hydroxylation is 2. The van der Waals surface area contributed by atoms with E-state index < -0.39 is 6.09 Å². The van der Waals surface area contributed by atoms with Crippen molar-refractivity contribution in [2.45, 2.75) is 20.4 Å². The molecule has 0 aliphatic heterocycles. The van der Waals surface area contributed by atoms with Crippen molar-refractivity contribution in [3.8, 4) is 0 Å². The Labute approximate surface area is 76.0 Å². The molecule has 1 N–H and O–H groups in total. The third-order valence-corrected chi connectivity index (χ3v) is 1.78. The minimum Gasteiger partial charge on any atom is -0.453 e. The van der Waals surface area contributed by atoms with Crippen LogP contribution in [-0.2, 0) is 11.3 Å². The van der Waals surface area contributed by atoms with Gasteiger partial charge in [-0.2, -0.15) is 0 Å². The predicted octanol–water partition coefficient (Wildman–Crippen LogP) is 1.15. The maximum absolute atomic E-state index is 10.7. The Kier molecular flexibility index (Phi) is 2.89. The average molecular weight is 184 g/mol. The first-order chi connectivity index (χ1) is 6.15. The minimum absolute atomic E-state index is 0.383. The molecule has 5 nitrogen and oxygen atoms in total. The molecule has 72 valence electrons. The van der Waals surface area contributed by atoms with E-state index in [1.165, 1.54) is 7.11 Å². The molecule has 1 rings (SSSR count). The third kappa shape index (κ3) is 2.21. The van der Waals surface area contributed by atoms with Crippen LogP contribution in [0.4, 0.5) is 4.79 Å². The summed E-state index contributed by atoms with van der Waals surface area (Å²) in [4.78, 5) is 10.7. The second kappa shape index (κ2) is 3.93. The lowest BCUT2D eigenvalue weighted by Crippen LogP contribution is -2.22. The first-order valence-corrected chi connectivity index (χ1v) is 3.88. The number of carbonyl (C=O) groups excluding carboxylic acids is 1. The van der Waals surface area contributed by atoms with Gasteiger partial charge in [-0.1, -0.05) is 5.16 Å². The highest BCUT2D eigenvalue weighted by Crippen LogP contribution is 2.11. The van der Waals surface area contributed by atoms with Gasteiger partial charge in [0, 0.05) is 5.56 Å². The van der Waals surface area contributed by atoms with Crippen molar-refractivity contribution in [3.05, 3.63) is 17.0 Å². The van der Waals surface area contributed by atoms with E-state index in [1.54, 1.807) is 6.92 Å². The van der Waals surface area contributed by atoms with Crippen LogP contribution in [0.1, 0.15) is 17.0 Å². The van der Waals surface area contributed by atoms with Crippen molar-refractivity contribution in [1.82, 2.24) is 10.5 Å². The number of amides is 1. The van der Waals surface area contributed by atoms with Crippen LogP contribution in [-0.4, -0.2) is 18.4 Å². The zero-order valence-electron chi connectivity index (χ0n) is 7.88. The first kappa shape index (κ1) is 9.57. The van der Waals surface area contributed by atoms with Gasteiger partial charge in [0.15, 0.2) is 0 Å². The Hall–Kier alpha value is -1.52. The highest BCUT2D eigenvalue weighted by Gasteiger charge is 2.09. The van der Waals surface area contributed by atoms with Crippen LogP contribution in [0.25, 0.3) is 0 Å². The van der Waals surface area contributed by atoms with E-state index in [4.69, 9.17) is 4.52 Å². The number of hydrogen-bond donors (Lipinski definition) is 1. The molecule has 0 aliphatic rings. The summed E-state index contributed by atoms with van der Waals surface area (Å²) in [5.74, 6) is 0.717. The number of methoxy groups -OCH3 is 1. The number of nitrogens with one attached hydrogen (secondary N) is 1. The fraction of sp³-hybridized carbons (Fsp3) is 0.500. The number of hydrogen-bond acceptors (Lipinski definition) is 4. The van der Waals surface area contributed by atoms with Gasteiger partial charge in [-0.25, -0.2) is 4.79 Å². The van der Waals surface area contributed by atoms with E-state index in [-0.39, 0.29) is 0 Å². The Morgan fingerprint density at radius 1 is 1.62 bits per heavy atom. The van der Waals surface area contributed by atoms with Crippen LogP contribution in [0, 0.1) is 13.8 Å². The summed E-state index contributed by atoms with van der Waals surface area (Å²) in [6.45, 7) is 4.01. The lowest BCUT2D eigenvalue weighted by Gasteiger charge is -2.01. The molecular formula is C8H12N2O3. The molecule has 0 aromatic carbocycles. The fourth-order valence-electron chi connectivity index (χ4n) is 0.987. The fourth-order valence-corrected chi connectivity index (χ4v) is 0.987. The van der Waals surface area contributed by atoms with Crippen LogP contribution in [0.15, 0.2) is 4.52 Å². The lowest BCUT2D eigenvalue weighted by molar-refractivity contribution is 0.170. The topological polar surface area (TPSA) is 64.4 Å². The Balaban J connectivity index is 2.58. The molecule has 0 bridgehead atoms. The molecule has 0 saturated carbocycles. The van der Waals surface area contributed by atoms with Crippen molar-refractivity contribution in [2.75, 3.05) is 7.11 Å². The summed E-state index contributed by atoms with van der Waals surface area (Å²) >= 11 is 0. The largest absolute Gasteiger partial charge is 0.453 e. The summed E-state index contributed by atoms with van der Waals surface area (Å²) in [7, 11) is 1.32. The number of aromatic nitrogens is 1. The molecular weight excluding hydrogens is 172 g/mol. The van der Waals surface area contributed by atoms with Gasteiger partial charge in [0.25, 0.3) is 0 Å². The van der Waals surface area contributed by atoms with E-state index in [0.717, 1.165) is 11.3 Å². The summed E-state index contributed by atoms with van der Waals surface area (Å²) in [5, 5.41) is 6.31. The summed E-state index contributed by atoms with van der Waals surface area (Å²) < 4.78 is 9.35. The average Bonchev–Trinajstić information content (AvgIpc) is 2.43. The maximum Gasteiger partial charge on any atom is 0.407 e. The zero-order chi connectivity index (χ0) is 9.84. The summed E-state index contributed by atoms with van der Waals surface area (Å²) in [6.07, 6.45) is -0.458. The van der Waals surface area contributed by atoms with Crippen LogP contribution >= 0.6 is 0 Å². The van der Waals surface area contributed by atoms with Crippen LogP contribution < -0.4 is 5.32 Å². The molecule has 0 fully saturated rings. The van der Waals surface area contributed by atoms with Gasteiger partial charge in [-0.3, -0.25) is 0 Å². The highest BCUT2D eigenvalue weighted by atomic mass is 16.5. The van der Waals surface area contributed by atoms with E-state index in [9.17, 15) is 4.79 Å². The number of carbonyl (C=O) groups is 1. The molecule has 0 spiro atoms. The molecule has 13 heavy (non-hydrogen) atoms. The molecule has 5 heteroatoms.